The maximum Gasteiger partial charge on any atom is 0.416 e. The van der Waals surface area contributed by atoms with Crippen molar-refractivity contribution in [1.29, 1.82) is 0 Å². The van der Waals surface area contributed by atoms with E-state index in [1.54, 1.807) is 19.1 Å². The molecular weight excluding hydrogens is 585 g/mol. The van der Waals surface area contributed by atoms with E-state index in [9.17, 15) is 36.3 Å². The fourth-order valence-corrected chi connectivity index (χ4v) is 7.23. The molecule has 1 aromatic heterocycles. The van der Waals surface area contributed by atoms with Crippen LogP contribution in [0.2, 0.25) is 0 Å². The number of benzene rings is 2. The summed E-state index contributed by atoms with van der Waals surface area (Å²) in [5.41, 5.74) is 1.41. The van der Waals surface area contributed by atoms with E-state index < -0.39 is 40.3 Å². The van der Waals surface area contributed by atoms with E-state index in [1.165, 1.54) is 16.4 Å². The van der Waals surface area contributed by atoms with Crippen molar-refractivity contribution in [2.24, 2.45) is 0 Å². The number of aliphatic carboxylic acids is 1. The molecule has 3 N–H and O–H groups in total. The van der Waals surface area contributed by atoms with Gasteiger partial charge in [0.1, 0.15) is 5.75 Å². The van der Waals surface area contributed by atoms with Gasteiger partial charge in [-0.2, -0.15) is 13.2 Å². The average molecular weight is 613 g/mol. The maximum atomic E-state index is 12.9. The molecule has 220 valence electrons. The highest BCUT2D eigenvalue weighted by Crippen LogP contribution is 2.42. The summed E-state index contributed by atoms with van der Waals surface area (Å²) in [5, 5.41) is 21.9. The quantitative estimate of drug-likeness (QED) is 0.281. The van der Waals surface area contributed by atoms with Gasteiger partial charge in [-0.25, -0.2) is 22.3 Å². The van der Waals surface area contributed by atoms with Crippen LogP contribution < -0.4 is 10.1 Å². The lowest BCUT2D eigenvalue weighted by Crippen LogP contribution is -2.42. The number of piperidine rings is 1. The first kappa shape index (κ1) is 30.3. The van der Waals surface area contributed by atoms with Gasteiger partial charge in [0.05, 0.1) is 11.3 Å². The Morgan fingerprint density at radius 1 is 1.10 bits per heavy atom. The van der Waals surface area contributed by atoms with Crippen molar-refractivity contribution < 1.29 is 46.1 Å². The van der Waals surface area contributed by atoms with E-state index in [2.05, 4.69) is 5.32 Å². The van der Waals surface area contributed by atoms with E-state index in [0.29, 0.717) is 28.8 Å². The monoisotopic (exact) mass is 612 g/mol. The van der Waals surface area contributed by atoms with Gasteiger partial charge in [0, 0.05) is 35.3 Å². The smallest absolute Gasteiger partial charge is 0.416 e. The van der Waals surface area contributed by atoms with Crippen LogP contribution in [-0.4, -0.2) is 60.6 Å². The fraction of sp³-hybridized carbons (Fsp3) is 0.333. The zero-order valence-corrected chi connectivity index (χ0v) is 23.4. The van der Waals surface area contributed by atoms with E-state index >= 15 is 0 Å². The number of hydrogen-bond acceptors (Lipinski definition) is 7. The maximum absolute atomic E-state index is 12.9. The van der Waals surface area contributed by atoms with Crippen LogP contribution in [0.3, 0.4) is 0 Å². The molecule has 0 saturated carbocycles. The number of carboxylic acids is 2. The van der Waals surface area contributed by atoms with Crippen LogP contribution >= 0.6 is 11.3 Å². The zero-order chi connectivity index (χ0) is 29.9. The number of carbonyl (C=O) groups is 2. The van der Waals surface area contributed by atoms with Crippen LogP contribution in [0.4, 0.5) is 18.9 Å². The summed E-state index contributed by atoms with van der Waals surface area (Å²) < 4.78 is 70.8. The van der Waals surface area contributed by atoms with Crippen LogP contribution in [0, 0.1) is 6.92 Å². The largest absolute Gasteiger partial charge is 0.480 e. The Bertz CT molecular complexity index is 1530. The van der Waals surface area contributed by atoms with Crippen molar-refractivity contribution in [3.8, 4) is 16.2 Å². The second-order valence-electron chi connectivity index (χ2n) is 9.55. The summed E-state index contributed by atoms with van der Waals surface area (Å²) in [6.45, 7) is 1.49. The van der Waals surface area contributed by atoms with Crippen LogP contribution in [-0.2, 0) is 26.7 Å². The highest BCUT2D eigenvalue weighted by atomic mass is 32.2. The first-order chi connectivity index (χ1) is 19.2. The van der Waals surface area contributed by atoms with Gasteiger partial charge >= 0.3 is 18.1 Å². The van der Waals surface area contributed by atoms with Crippen molar-refractivity contribution in [1.82, 2.24) is 4.31 Å². The molecule has 1 fully saturated rings. The SMILES string of the molecule is Cc1c(-c2cccc(NC3CCN(S(=O)(=O)Cc4ccc(C(F)(F)F)cc4)CC3)c2)sc(C(=O)O)c1OCC(=O)O. The predicted octanol–water partition coefficient (Wildman–Crippen LogP) is 5.31. The number of rotatable bonds is 10. The molecule has 3 aromatic rings. The van der Waals surface area contributed by atoms with Gasteiger partial charge in [-0.1, -0.05) is 24.3 Å². The molecule has 0 unspecified atom stereocenters. The lowest BCUT2D eigenvalue weighted by molar-refractivity contribution is -0.139. The highest BCUT2D eigenvalue weighted by Gasteiger charge is 2.31. The molecule has 0 bridgehead atoms. The molecule has 0 radical (unpaired) electrons. The molecule has 2 heterocycles. The Hall–Kier alpha value is -3.62. The number of halogens is 3. The van der Waals surface area contributed by atoms with Gasteiger partial charge in [0.15, 0.2) is 11.5 Å². The second kappa shape index (κ2) is 12.1. The first-order valence-corrected chi connectivity index (χ1v) is 14.9. The lowest BCUT2D eigenvalue weighted by atomic mass is 10.0. The van der Waals surface area contributed by atoms with Crippen molar-refractivity contribution in [2.75, 3.05) is 25.0 Å². The Balaban J connectivity index is 1.40. The van der Waals surface area contributed by atoms with Gasteiger partial charge in [-0.15, -0.1) is 11.3 Å². The molecule has 1 aliphatic rings. The minimum Gasteiger partial charge on any atom is -0.480 e. The number of alkyl halides is 3. The average Bonchev–Trinajstić information content (AvgIpc) is 3.24. The number of nitrogens with one attached hydrogen (secondary N) is 1. The number of anilines is 1. The standard InChI is InChI=1S/C27H27F3N2O7S2/c1-16-23(39-14-22(33)34)25(26(35)36)40-24(16)18-3-2-4-21(13-18)31-20-9-11-32(12-10-20)41(37,38)15-17-5-7-19(8-6-17)27(28,29)30/h2-8,13,20,31H,9-12,14-15H2,1H3,(H,33,34)(H,35,36). The number of aromatic carboxylic acids is 1. The van der Waals surface area contributed by atoms with Gasteiger partial charge in [-0.05, 0) is 55.2 Å². The third-order valence-electron chi connectivity index (χ3n) is 6.60. The van der Waals surface area contributed by atoms with Crippen LogP contribution in [0.1, 0.15) is 39.2 Å². The second-order valence-corrected chi connectivity index (χ2v) is 12.5. The third-order valence-corrected chi connectivity index (χ3v) is 9.76. The van der Waals surface area contributed by atoms with Crippen molar-refractivity contribution in [3.05, 3.63) is 70.1 Å². The van der Waals surface area contributed by atoms with Crippen LogP contribution in [0.5, 0.6) is 5.75 Å². The zero-order valence-electron chi connectivity index (χ0n) is 21.8. The Labute approximate surface area is 238 Å². The third kappa shape index (κ3) is 7.37. The number of hydrogen-bond donors (Lipinski definition) is 3. The number of ether oxygens (including phenoxy) is 1. The summed E-state index contributed by atoms with van der Waals surface area (Å²) in [6, 6.07) is 11.3. The summed E-state index contributed by atoms with van der Waals surface area (Å²) in [6.07, 6.45) is -3.48. The molecule has 41 heavy (non-hydrogen) atoms. The number of sulfonamides is 1. The van der Waals surface area contributed by atoms with Gasteiger partial charge in [0.2, 0.25) is 10.0 Å². The molecule has 0 amide bonds. The number of thiophene rings is 1. The van der Waals surface area contributed by atoms with Crippen LogP contribution in [0.25, 0.3) is 10.4 Å². The summed E-state index contributed by atoms with van der Waals surface area (Å²) in [5.74, 6) is -2.82. The minimum atomic E-state index is -4.49. The lowest BCUT2D eigenvalue weighted by Gasteiger charge is -2.32. The Morgan fingerprint density at radius 2 is 1.76 bits per heavy atom. The molecule has 1 saturated heterocycles. The van der Waals surface area contributed by atoms with Gasteiger partial charge in [-0.3, -0.25) is 0 Å². The fourth-order valence-electron chi connectivity index (χ4n) is 4.58. The van der Waals surface area contributed by atoms with E-state index in [4.69, 9.17) is 9.84 Å². The molecule has 9 nitrogen and oxygen atoms in total. The van der Waals surface area contributed by atoms with Crippen molar-refractivity contribution >= 4 is 39.0 Å². The molecule has 0 spiro atoms. The number of nitrogens with zero attached hydrogens (tertiary/aromatic N) is 1. The topological polar surface area (TPSA) is 133 Å². The molecule has 0 aliphatic carbocycles. The van der Waals surface area contributed by atoms with Crippen LogP contribution in [0.15, 0.2) is 48.5 Å². The molecule has 0 atom stereocenters. The predicted molar refractivity (Wildman–Crippen MR) is 147 cm³/mol. The summed E-state index contributed by atoms with van der Waals surface area (Å²) in [4.78, 5) is 23.2. The minimum absolute atomic E-state index is 0.0168. The number of carboxylic acid groups (broad SMARTS) is 2. The van der Waals surface area contributed by atoms with Crippen molar-refractivity contribution in [3.63, 3.8) is 0 Å². The molecule has 14 heteroatoms. The molecule has 2 aromatic carbocycles. The summed E-state index contributed by atoms with van der Waals surface area (Å²) >= 11 is 0.985. The van der Waals surface area contributed by atoms with E-state index in [-0.39, 0.29) is 41.1 Å². The highest BCUT2D eigenvalue weighted by molar-refractivity contribution is 7.88. The molecular formula is C27H27F3N2O7S2. The molecule has 4 rings (SSSR count). The van der Waals surface area contributed by atoms with Gasteiger partial charge in [0.25, 0.3) is 0 Å². The van der Waals surface area contributed by atoms with Gasteiger partial charge < -0.3 is 20.3 Å². The van der Waals surface area contributed by atoms with E-state index in [1.807, 2.05) is 12.1 Å². The first-order valence-electron chi connectivity index (χ1n) is 12.5. The Morgan fingerprint density at radius 3 is 2.34 bits per heavy atom. The molecule has 1 aliphatic heterocycles. The van der Waals surface area contributed by atoms with E-state index in [0.717, 1.165) is 29.2 Å². The van der Waals surface area contributed by atoms with Crippen molar-refractivity contribution in [2.45, 2.75) is 37.7 Å². The normalized spacial score (nSPS) is 15.0. The summed E-state index contributed by atoms with van der Waals surface area (Å²) in [7, 11) is -3.72. The Kier molecular flexibility index (Phi) is 8.94.